The Balaban J connectivity index is 1.05. The van der Waals surface area contributed by atoms with Crippen molar-refractivity contribution in [2.45, 2.75) is 56.9 Å². The molecule has 0 radical (unpaired) electrons. The van der Waals surface area contributed by atoms with E-state index in [1.54, 1.807) is 11.1 Å². The van der Waals surface area contributed by atoms with E-state index in [1.807, 2.05) is 43.3 Å². The number of aromatic nitrogens is 2. The van der Waals surface area contributed by atoms with Gasteiger partial charge >= 0.3 is 6.09 Å². The van der Waals surface area contributed by atoms with Crippen molar-refractivity contribution in [2.75, 3.05) is 19.7 Å². The molecule has 3 aromatic carbocycles. The molecule has 2 fully saturated rings. The van der Waals surface area contributed by atoms with E-state index in [2.05, 4.69) is 27.4 Å². The molecule has 2 amide bonds. The van der Waals surface area contributed by atoms with Gasteiger partial charge in [-0.3, -0.25) is 4.79 Å². The number of ether oxygens (including phenoxy) is 1. The van der Waals surface area contributed by atoms with Gasteiger partial charge in [-0.2, -0.15) is 0 Å². The smallest absolute Gasteiger partial charge is 0.407 e. The molecule has 1 N–H and O–H groups in total. The highest BCUT2D eigenvalue weighted by Gasteiger charge is 2.34. The van der Waals surface area contributed by atoms with E-state index in [4.69, 9.17) is 4.74 Å². The van der Waals surface area contributed by atoms with Gasteiger partial charge in [-0.1, -0.05) is 48.5 Å². The molecule has 10 heteroatoms. The number of rotatable bonds is 8. The van der Waals surface area contributed by atoms with Crippen LogP contribution in [-0.2, 0) is 11.2 Å². The van der Waals surface area contributed by atoms with Crippen molar-refractivity contribution in [1.29, 1.82) is 0 Å². The van der Waals surface area contributed by atoms with Gasteiger partial charge in [0.15, 0.2) is 11.6 Å². The third-order valence-corrected chi connectivity index (χ3v) is 9.74. The zero-order chi connectivity index (χ0) is 32.7. The van der Waals surface area contributed by atoms with Gasteiger partial charge in [0.1, 0.15) is 18.2 Å². The largest absolute Gasteiger partial charge is 0.449 e. The molecule has 242 valence electrons. The summed E-state index contributed by atoms with van der Waals surface area (Å²) in [4.78, 5) is 37.4. The third-order valence-electron chi connectivity index (χ3n) is 9.74. The Labute approximate surface area is 271 Å². The molecule has 47 heavy (non-hydrogen) atoms. The predicted molar refractivity (Wildman–Crippen MR) is 169 cm³/mol. The average Bonchev–Trinajstić information content (AvgIpc) is 3.88. The number of fused-ring (bicyclic) bond motifs is 3. The maximum absolute atomic E-state index is 14.8. The Bertz CT molecular complexity index is 1790. The van der Waals surface area contributed by atoms with Crippen molar-refractivity contribution in [3.63, 3.8) is 0 Å². The van der Waals surface area contributed by atoms with E-state index in [-0.39, 0.29) is 36.3 Å². The van der Waals surface area contributed by atoms with Crippen LogP contribution in [-0.4, -0.2) is 52.6 Å². The highest BCUT2D eigenvalue weighted by atomic mass is 19.2. The van der Waals surface area contributed by atoms with Gasteiger partial charge < -0.3 is 15.0 Å². The van der Waals surface area contributed by atoms with Crippen LogP contribution >= 0.6 is 0 Å². The van der Waals surface area contributed by atoms with E-state index in [0.29, 0.717) is 49.2 Å². The quantitative estimate of drug-likeness (QED) is 0.208. The van der Waals surface area contributed by atoms with Gasteiger partial charge in [-0.05, 0) is 78.8 Å². The Morgan fingerprint density at radius 2 is 1.55 bits per heavy atom. The highest BCUT2D eigenvalue weighted by molar-refractivity contribution is 5.95. The van der Waals surface area contributed by atoms with Gasteiger partial charge in [0.2, 0.25) is 0 Å². The molecule has 4 aromatic rings. The number of likely N-dealkylation sites (tertiary alicyclic amines) is 1. The lowest BCUT2D eigenvalue weighted by atomic mass is 9.85. The van der Waals surface area contributed by atoms with Gasteiger partial charge in [-0.25, -0.2) is 27.9 Å². The number of piperidine rings is 1. The number of halogens is 3. The van der Waals surface area contributed by atoms with Crippen molar-refractivity contribution in [1.82, 2.24) is 20.2 Å². The van der Waals surface area contributed by atoms with E-state index >= 15 is 0 Å². The second-order valence-corrected chi connectivity index (χ2v) is 12.8. The highest BCUT2D eigenvalue weighted by Crippen LogP contribution is 2.44. The Hall–Kier alpha value is -4.73. The molecule has 3 aliphatic rings. The lowest BCUT2D eigenvalue weighted by molar-refractivity contribution is 0.0661. The molecule has 1 aliphatic heterocycles. The summed E-state index contributed by atoms with van der Waals surface area (Å²) in [5, 5.41) is 2.91. The van der Waals surface area contributed by atoms with E-state index in [0.717, 1.165) is 47.0 Å². The number of aryl methyl sites for hydroxylation is 1. The van der Waals surface area contributed by atoms with Crippen molar-refractivity contribution in [2.24, 2.45) is 5.92 Å². The van der Waals surface area contributed by atoms with Gasteiger partial charge in [0.05, 0.1) is 11.3 Å². The van der Waals surface area contributed by atoms with Gasteiger partial charge in [-0.15, -0.1) is 0 Å². The minimum absolute atomic E-state index is 0.0464. The molecule has 1 saturated heterocycles. The van der Waals surface area contributed by atoms with Crippen molar-refractivity contribution in [3.05, 3.63) is 118 Å². The molecule has 7 nitrogen and oxygen atoms in total. The number of amides is 2. The first kappa shape index (κ1) is 30.9. The topological polar surface area (TPSA) is 84.4 Å². The maximum atomic E-state index is 14.8. The van der Waals surface area contributed by atoms with Crippen LogP contribution in [0.1, 0.15) is 76.1 Å². The molecule has 1 atom stereocenters. The maximum Gasteiger partial charge on any atom is 0.407 e. The van der Waals surface area contributed by atoms with Crippen LogP contribution in [0.15, 0.2) is 66.9 Å². The summed E-state index contributed by atoms with van der Waals surface area (Å²) in [5.74, 6) is -2.64. The van der Waals surface area contributed by atoms with Crippen LogP contribution in [0.3, 0.4) is 0 Å². The molecule has 7 rings (SSSR count). The molecular weight excluding hydrogens is 605 g/mol. The van der Waals surface area contributed by atoms with Crippen molar-refractivity contribution in [3.8, 4) is 11.1 Å². The molecule has 2 heterocycles. The summed E-state index contributed by atoms with van der Waals surface area (Å²) >= 11 is 0. The lowest BCUT2D eigenvalue weighted by Gasteiger charge is -2.36. The lowest BCUT2D eigenvalue weighted by Crippen LogP contribution is -2.48. The number of hydrogen-bond acceptors (Lipinski definition) is 5. The summed E-state index contributed by atoms with van der Waals surface area (Å²) in [7, 11) is 0. The van der Waals surface area contributed by atoms with Crippen LogP contribution in [0.25, 0.3) is 11.1 Å². The Kier molecular flexibility index (Phi) is 8.42. The van der Waals surface area contributed by atoms with Crippen molar-refractivity contribution < 1.29 is 27.5 Å². The van der Waals surface area contributed by atoms with E-state index < -0.39 is 29.6 Å². The molecule has 0 bridgehead atoms. The normalized spacial score (nSPS) is 16.8. The summed E-state index contributed by atoms with van der Waals surface area (Å²) in [6.07, 6.45) is 4.01. The zero-order valence-corrected chi connectivity index (χ0v) is 26.0. The molecule has 0 spiro atoms. The number of nitrogens with one attached hydrogen (secondary N) is 1. The first-order valence-corrected chi connectivity index (χ1v) is 16.1. The molecule has 1 unspecified atom stereocenters. The molecule has 1 saturated carbocycles. The number of carbonyl (C=O) groups excluding carboxylic acids is 2. The van der Waals surface area contributed by atoms with Crippen LogP contribution in [0.2, 0.25) is 0 Å². The first-order valence-electron chi connectivity index (χ1n) is 16.1. The third kappa shape index (κ3) is 6.33. The fraction of sp³-hybridized carbons (Fsp3) is 0.351. The van der Waals surface area contributed by atoms with E-state index in [1.165, 1.54) is 0 Å². The van der Waals surface area contributed by atoms with Crippen LogP contribution < -0.4 is 5.32 Å². The second-order valence-electron chi connectivity index (χ2n) is 12.8. The summed E-state index contributed by atoms with van der Waals surface area (Å²) in [5.41, 5.74) is 5.41. The number of alkyl carbamates (subject to hydrolysis) is 1. The molecule has 2 aliphatic carbocycles. The van der Waals surface area contributed by atoms with Crippen LogP contribution in [0, 0.1) is 30.3 Å². The van der Waals surface area contributed by atoms with Gasteiger partial charge in [0, 0.05) is 43.2 Å². The molecule has 1 aromatic heterocycles. The fourth-order valence-corrected chi connectivity index (χ4v) is 6.99. The van der Waals surface area contributed by atoms with Crippen molar-refractivity contribution >= 4 is 12.0 Å². The monoisotopic (exact) mass is 640 g/mol. The number of carbonyl (C=O) groups is 2. The number of hydrogen-bond donors (Lipinski definition) is 1. The number of benzene rings is 3. The summed E-state index contributed by atoms with van der Waals surface area (Å²) in [6.45, 7) is 2.71. The first-order chi connectivity index (χ1) is 22.8. The number of nitrogens with zero attached hydrogens (tertiary/aromatic N) is 3. The van der Waals surface area contributed by atoms with Crippen LogP contribution in [0.5, 0.6) is 0 Å². The zero-order valence-electron chi connectivity index (χ0n) is 26.0. The predicted octanol–water partition coefficient (Wildman–Crippen LogP) is 7.08. The second kappa shape index (κ2) is 12.8. The Morgan fingerprint density at radius 3 is 2.19 bits per heavy atom. The standard InChI is InChI=1S/C37H35F3N4O3/c1-21-29(19-41-35(42-21)23-10-11-23)36(45)44-14-12-22(13-15-44)34(17-24-16-32(39)33(40)18-31(24)38)43-37(46)47-20-30-27-8-4-2-6-25(27)26-7-3-5-9-28(26)30/h2-9,16,18-19,22-23,30,34H,10-15,17,20H2,1H3,(H,43,46). The molecular formula is C37H35F3N4O3. The van der Waals surface area contributed by atoms with Gasteiger partial charge in [0.25, 0.3) is 5.91 Å². The summed E-state index contributed by atoms with van der Waals surface area (Å²) < 4.78 is 48.4. The Morgan fingerprint density at radius 1 is 0.915 bits per heavy atom. The fourth-order valence-electron chi connectivity index (χ4n) is 6.99. The minimum atomic E-state index is -1.27. The van der Waals surface area contributed by atoms with Crippen LogP contribution in [0.4, 0.5) is 18.0 Å². The average molecular weight is 641 g/mol. The summed E-state index contributed by atoms with van der Waals surface area (Å²) in [6, 6.07) is 16.7. The SMILES string of the molecule is Cc1nc(C2CC2)ncc1C(=O)N1CCC(C(Cc2cc(F)c(F)cc2F)NC(=O)OCC2c3ccccc3-c3ccccc32)CC1. The van der Waals surface area contributed by atoms with E-state index in [9.17, 15) is 22.8 Å². The minimum Gasteiger partial charge on any atom is -0.449 e.